The van der Waals surface area contributed by atoms with Crippen LogP contribution in [0.15, 0.2) is 12.3 Å². The van der Waals surface area contributed by atoms with Crippen molar-refractivity contribution in [3.63, 3.8) is 0 Å². The largest absolute Gasteiger partial charge is 0.461 e. The first kappa shape index (κ1) is 25.1. The Hall–Kier alpha value is -2.50. The van der Waals surface area contributed by atoms with Gasteiger partial charge in [-0.25, -0.2) is 23.5 Å². The first-order valence-electron chi connectivity index (χ1n) is 10.6. The highest BCUT2D eigenvalue weighted by atomic mass is 32.1. The molecule has 1 saturated heterocycles. The van der Waals surface area contributed by atoms with Gasteiger partial charge in [-0.3, -0.25) is 0 Å². The Bertz CT molecular complexity index is 982. The van der Waals surface area contributed by atoms with Crippen LogP contribution in [0.5, 0.6) is 0 Å². The lowest BCUT2D eigenvalue weighted by molar-refractivity contribution is -0.142. The fourth-order valence-corrected chi connectivity index (χ4v) is 4.73. The zero-order valence-electron chi connectivity index (χ0n) is 18.4. The zero-order chi connectivity index (χ0) is 24.3. The molecule has 3 heterocycles. The van der Waals surface area contributed by atoms with Gasteiger partial charge in [-0.15, -0.1) is 11.3 Å². The molecular weight excluding hydrogens is 467 g/mol. The Kier molecular flexibility index (Phi) is 7.76. The van der Waals surface area contributed by atoms with E-state index in [0.29, 0.717) is 17.2 Å². The van der Waals surface area contributed by atoms with Crippen molar-refractivity contribution in [2.45, 2.75) is 64.7 Å². The van der Waals surface area contributed by atoms with Crippen LogP contribution in [0.3, 0.4) is 0 Å². The second-order valence-electron chi connectivity index (χ2n) is 7.68. The van der Waals surface area contributed by atoms with Gasteiger partial charge < -0.3 is 15.0 Å². The van der Waals surface area contributed by atoms with Crippen molar-refractivity contribution in [2.24, 2.45) is 0 Å². The van der Waals surface area contributed by atoms with Crippen LogP contribution in [-0.4, -0.2) is 47.3 Å². The fraction of sp³-hybridized carbons (Fsp3) is 0.571. The normalized spacial score (nSPS) is 17.5. The number of pyridine rings is 1. The summed E-state index contributed by atoms with van der Waals surface area (Å²) in [6.45, 7) is 5.73. The molecule has 0 radical (unpaired) electrons. The van der Waals surface area contributed by atoms with Crippen molar-refractivity contribution in [3.8, 4) is 10.4 Å². The number of alkyl halides is 5. The van der Waals surface area contributed by atoms with Crippen LogP contribution in [0.4, 0.5) is 33.6 Å². The highest BCUT2D eigenvalue weighted by Crippen LogP contribution is 2.43. The third kappa shape index (κ3) is 5.53. The van der Waals surface area contributed by atoms with Crippen LogP contribution in [0, 0.1) is 0 Å². The van der Waals surface area contributed by atoms with Crippen LogP contribution in [0.2, 0.25) is 0 Å². The number of esters is 1. The number of carbonyl (C=O) groups is 1. The summed E-state index contributed by atoms with van der Waals surface area (Å²) in [4.78, 5) is 22.9. The molecule has 0 spiro atoms. The molecule has 1 fully saturated rings. The molecule has 0 saturated carbocycles. The van der Waals surface area contributed by atoms with Crippen molar-refractivity contribution in [1.29, 1.82) is 0 Å². The molecule has 182 valence electrons. The summed E-state index contributed by atoms with van der Waals surface area (Å²) in [7, 11) is 0. The molecule has 0 amide bonds. The predicted octanol–water partition coefficient (Wildman–Crippen LogP) is 6.06. The lowest BCUT2D eigenvalue weighted by atomic mass is 10.1. The predicted molar refractivity (Wildman–Crippen MR) is 116 cm³/mol. The summed E-state index contributed by atoms with van der Waals surface area (Å²) in [5.41, 5.74) is -0.463. The number of nitrogens with zero attached hydrogens (tertiary/aromatic N) is 3. The average molecular weight is 493 g/mol. The highest BCUT2D eigenvalue weighted by Gasteiger charge is 2.39. The molecule has 2 aromatic heterocycles. The first-order valence-corrected chi connectivity index (χ1v) is 11.4. The third-order valence-electron chi connectivity index (χ3n) is 5.43. The molecular formula is C21H25F5N4O2S. The quantitative estimate of drug-likeness (QED) is 0.357. The first-order chi connectivity index (χ1) is 15.6. The van der Waals surface area contributed by atoms with E-state index >= 15 is 0 Å². The van der Waals surface area contributed by atoms with Gasteiger partial charge in [0, 0.05) is 29.9 Å². The number of rotatable bonds is 8. The zero-order valence-corrected chi connectivity index (χ0v) is 19.2. The lowest BCUT2D eigenvalue weighted by Crippen LogP contribution is -2.35. The molecule has 2 aromatic rings. The average Bonchev–Trinajstić information content (AvgIpc) is 3.37. The van der Waals surface area contributed by atoms with Crippen LogP contribution in [0.1, 0.15) is 61.8 Å². The van der Waals surface area contributed by atoms with Crippen LogP contribution < -0.4 is 10.2 Å². The van der Waals surface area contributed by atoms with Gasteiger partial charge in [0.2, 0.25) is 5.01 Å². The third-order valence-corrected chi connectivity index (χ3v) is 6.48. The molecule has 0 bridgehead atoms. The van der Waals surface area contributed by atoms with Gasteiger partial charge in [-0.1, -0.05) is 6.92 Å². The number of halogens is 5. The number of nitrogens with one attached hydrogen (secondary N) is 1. The Balaban J connectivity index is 2.08. The molecule has 1 aliphatic heterocycles. The molecule has 2 atom stereocenters. The van der Waals surface area contributed by atoms with E-state index in [1.54, 1.807) is 6.92 Å². The summed E-state index contributed by atoms with van der Waals surface area (Å²) < 4.78 is 72.4. The maximum Gasteiger partial charge on any atom is 0.408 e. The highest BCUT2D eigenvalue weighted by molar-refractivity contribution is 7.17. The maximum atomic E-state index is 14.0. The van der Waals surface area contributed by atoms with Crippen LogP contribution in [0.25, 0.3) is 10.4 Å². The van der Waals surface area contributed by atoms with Crippen molar-refractivity contribution < 1.29 is 31.5 Å². The molecule has 0 unspecified atom stereocenters. The maximum absolute atomic E-state index is 14.0. The summed E-state index contributed by atoms with van der Waals surface area (Å²) in [6, 6.07) is -0.905. The Morgan fingerprint density at radius 2 is 2.09 bits per heavy atom. The second kappa shape index (κ2) is 10.2. The van der Waals surface area contributed by atoms with E-state index < -0.39 is 30.2 Å². The van der Waals surface area contributed by atoms with E-state index in [2.05, 4.69) is 15.3 Å². The molecule has 12 heteroatoms. The van der Waals surface area contributed by atoms with Gasteiger partial charge in [0.1, 0.15) is 17.7 Å². The second-order valence-corrected chi connectivity index (χ2v) is 8.68. The standard InChI is InChI=1S/C21H25F5N4O2S/c1-4-14(21(24,25)26)28-15-9-12(17(22)23)13(10-27-15)16-18(30-8-6-7-11(30)3)29-19(33-16)20(31)32-5-2/h9-11,14,17H,4-8H2,1-3H3,(H,27,28)/t11-,14-/m0/s1. The smallest absolute Gasteiger partial charge is 0.408 e. The topological polar surface area (TPSA) is 67.3 Å². The van der Waals surface area contributed by atoms with E-state index in [4.69, 9.17) is 4.74 Å². The number of hydrogen-bond acceptors (Lipinski definition) is 7. The number of ether oxygens (including phenoxy) is 1. The van der Waals surface area contributed by atoms with Crippen LogP contribution in [-0.2, 0) is 4.74 Å². The Morgan fingerprint density at radius 1 is 1.36 bits per heavy atom. The summed E-state index contributed by atoms with van der Waals surface area (Å²) in [5, 5.41) is 2.21. The number of thiazole rings is 1. The monoisotopic (exact) mass is 492 g/mol. The van der Waals surface area contributed by atoms with E-state index in [-0.39, 0.29) is 35.5 Å². The van der Waals surface area contributed by atoms with E-state index in [9.17, 15) is 26.7 Å². The minimum absolute atomic E-state index is 0.0199. The SMILES string of the molecule is CCOC(=O)c1nc(N2CCC[C@@H]2C)c(-c2cnc(N[C@@H](CC)C(F)(F)F)cc2C(F)F)s1. The van der Waals surface area contributed by atoms with Gasteiger partial charge >= 0.3 is 12.1 Å². The lowest BCUT2D eigenvalue weighted by Gasteiger charge is -2.23. The van der Waals surface area contributed by atoms with Crippen molar-refractivity contribution in [1.82, 2.24) is 9.97 Å². The van der Waals surface area contributed by atoms with Crippen molar-refractivity contribution >= 4 is 28.9 Å². The van der Waals surface area contributed by atoms with Gasteiger partial charge in [0.25, 0.3) is 6.43 Å². The minimum atomic E-state index is -4.55. The van der Waals surface area contributed by atoms with Gasteiger partial charge in [-0.05, 0) is 39.2 Å². The Labute approximate surface area is 192 Å². The number of anilines is 2. The summed E-state index contributed by atoms with van der Waals surface area (Å²) in [6.07, 6.45) is -4.95. The van der Waals surface area contributed by atoms with Crippen molar-refractivity contribution in [2.75, 3.05) is 23.4 Å². The molecule has 6 nitrogen and oxygen atoms in total. The Morgan fingerprint density at radius 3 is 2.64 bits per heavy atom. The van der Waals surface area contributed by atoms with E-state index in [1.165, 1.54) is 6.92 Å². The van der Waals surface area contributed by atoms with Crippen LogP contribution >= 0.6 is 11.3 Å². The van der Waals surface area contributed by atoms with Gasteiger partial charge in [-0.2, -0.15) is 13.2 Å². The molecule has 1 N–H and O–H groups in total. The molecule has 0 aromatic carbocycles. The number of hydrogen-bond donors (Lipinski definition) is 1. The van der Waals surface area contributed by atoms with Crippen molar-refractivity contribution in [3.05, 3.63) is 22.8 Å². The number of carbonyl (C=O) groups excluding carboxylic acids is 1. The summed E-state index contributed by atoms with van der Waals surface area (Å²) >= 11 is 0.909. The minimum Gasteiger partial charge on any atom is -0.461 e. The van der Waals surface area contributed by atoms with E-state index in [1.807, 2.05) is 11.8 Å². The number of aromatic nitrogens is 2. The van der Waals surface area contributed by atoms with Gasteiger partial charge in [0.05, 0.1) is 11.5 Å². The molecule has 1 aliphatic rings. The molecule has 3 rings (SSSR count). The molecule has 0 aliphatic carbocycles. The fourth-order valence-electron chi connectivity index (χ4n) is 3.72. The molecule has 33 heavy (non-hydrogen) atoms. The summed E-state index contributed by atoms with van der Waals surface area (Å²) in [5.74, 6) is -0.591. The van der Waals surface area contributed by atoms with E-state index in [0.717, 1.165) is 36.4 Å². The van der Waals surface area contributed by atoms with Gasteiger partial charge in [0.15, 0.2) is 0 Å².